The monoisotopic (exact) mass is 233 g/mol. The van der Waals surface area contributed by atoms with Crippen molar-refractivity contribution in [1.29, 1.82) is 0 Å². The van der Waals surface area contributed by atoms with Crippen LogP contribution in [0.4, 0.5) is 0 Å². The van der Waals surface area contributed by atoms with E-state index in [4.69, 9.17) is 4.74 Å². The van der Waals surface area contributed by atoms with Crippen molar-refractivity contribution in [2.75, 3.05) is 26.3 Å². The molecular formula is C14H19NO2. The standard InChI is InChI=1S/C14H19NO2/c1-12(11-16)14-4-2-13(3-5-14)10-15-6-8-17-9-7-15/h2-5,11-12H,6-10H2,1H3. The van der Waals surface area contributed by atoms with Gasteiger partial charge in [-0.25, -0.2) is 0 Å². The third kappa shape index (κ3) is 3.38. The lowest BCUT2D eigenvalue weighted by atomic mass is 10.0. The molecule has 0 N–H and O–H groups in total. The Bertz CT molecular complexity index is 355. The maximum atomic E-state index is 10.7. The normalized spacial score (nSPS) is 18.9. The summed E-state index contributed by atoms with van der Waals surface area (Å²) in [5.74, 6) is -0.00700. The highest BCUT2D eigenvalue weighted by Gasteiger charge is 2.10. The molecule has 0 bridgehead atoms. The molecule has 1 aliphatic heterocycles. The summed E-state index contributed by atoms with van der Waals surface area (Å²) in [6.07, 6.45) is 0.983. The first-order valence-corrected chi connectivity index (χ1v) is 6.14. The highest BCUT2D eigenvalue weighted by molar-refractivity contribution is 5.61. The van der Waals surface area contributed by atoms with Gasteiger partial charge in [-0.3, -0.25) is 4.90 Å². The molecule has 1 heterocycles. The van der Waals surface area contributed by atoms with Crippen molar-refractivity contribution < 1.29 is 9.53 Å². The lowest BCUT2D eigenvalue weighted by molar-refractivity contribution is -0.108. The Morgan fingerprint density at radius 1 is 1.29 bits per heavy atom. The van der Waals surface area contributed by atoms with Crippen LogP contribution in [-0.2, 0) is 16.1 Å². The third-order valence-corrected chi connectivity index (χ3v) is 3.22. The lowest BCUT2D eigenvalue weighted by Gasteiger charge is -2.26. The van der Waals surface area contributed by atoms with Crippen molar-refractivity contribution in [2.24, 2.45) is 0 Å². The number of ether oxygens (including phenoxy) is 1. The summed E-state index contributed by atoms with van der Waals surface area (Å²) in [5, 5.41) is 0. The molecule has 92 valence electrons. The molecule has 3 nitrogen and oxygen atoms in total. The van der Waals surface area contributed by atoms with Gasteiger partial charge in [0.15, 0.2) is 0 Å². The van der Waals surface area contributed by atoms with Gasteiger partial charge in [-0.05, 0) is 11.1 Å². The maximum absolute atomic E-state index is 10.7. The van der Waals surface area contributed by atoms with Crippen LogP contribution in [-0.4, -0.2) is 37.5 Å². The molecule has 0 radical (unpaired) electrons. The molecule has 1 aliphatic rings. The van der Waals surface area contributed by atoms with Crippen molar-refractivity contribution >= 4 is 6.29 Å². The van der Waals surface area contributed by atoms with Crippen molar-refractivity contribution in [1.82, 2.24) is 4.90 Å². The van der Waals surface area contributed by atoms with Gasteiger partial charge in [-0.1, -0.05) is 31.2 Å². The largest absolute Gasteiger partial charge is 0.379 e. The van der Waals surface area contributed by atoms with E-state index in [-0.39, 0.29) is 5.92 Å². The molecule has 0 aromatic heterocycles. The smallest absolute Gasteiger partial charge is 0.127 e. The molecule has 17 heavy (non-hydrogen) atoms. The molecule has 0 aliphatic carbocycles. The average Bonchev–Trinajstić information content (AvgIpc) is 2.40. The van der Waals surface area contributed by atoms with E-state index in [2.05, 4.69) is 29.2 Å². The van der Waals surface area contributed by atoms with Crippen LogP contribution in [0.1, 0.15) is 24.0 Å². The van der Waals surface area contributed by atoms with E-state index < -0.39 is 0 Å². The number of carbonyl (C=O) groups is 1. The number of hydrogen-bond donors (Lipinski definition) is 0. The van der Waals surface area contributed by atoms with Crippen molar-refractivity contribution in [3.8, 4) is 0 Å². The summed E-state index contributed by atoms with van der Waals surface area (Å²) in [4.78, 5) is 13.1. The second-order valence-corrected chi connectivity index (χ2v) is 4.55. The van der Waals surface area contributed by atoms with Crippen LogP contribution in [0.25, 0.3) is 0 Å². The minimum absolute atomic E-state index is 0.00700. The summed E-state index contributed by atoms with van der Waals surface area (Å²) in [6.45, 7) is 6.57. The molecule has 0 amide bonds. The number of hydrogen-bond acceptors (Lipinski definition) is 3. The minimum atomic E-state index is -0.00700. The molecule has 1 atom stereocenters. The summed E-state index contributed by atoms with van der Waals surface area (Å²) in [5.41, 5.74) is 2.39. The number of rotatable bonds is 4. The van der Waals surface area contributed by atoms with Crippen molar-refractivity contribution in [2.45, 2.75) is 19.4 Å². The van der Waals surface area contributed by atoms with Gasteiger partial charge in [0.2, 0.25) is 0 Å². The van der Waals surface area contributed by atoms with Crippen LogP contribution in [0.3, 0.4) is 0 Å². The number of morpholine rings is 1. The van der Waals surface area contributed by atoms with E-state index in [9.17, 15) is 4.79 Å². The number of nitrogens with zero attached hydrogens (tertiary/aromatic N) is 1. The van der Waals surface area contributed by atoms with E-state index in [0.717, 1.165) is 44.7 Å². The molecule has 1 aromatic carbocycles. The van der Waals surface area contributed by atoms with Gasteiger partial charge in [0.05, 0.1) is 13.2 Å². The zero-order chi connectivity index (χ0) is 12.1. The van der Waals surface area contributed by atoms with Gasteiger partial charge in [-0.2, -0.15) is 0 Å². The first-order valence-electron chi connectivity index (χ1n) is 6.14. The summed E-state index contributed by atoms with van der Waals surface area (Å²) in [7, 11) is 0. The Hall–Kier alpha value is -1.19. The molecule has 1 unspecified atom stereocenters. The molecule has 0 saturated carbocycles. The second-order valence-electron chi connectivity index (χ2n) is 4.55. The van der Waals surface area contributed by atoms with Crippen LogP contribution in [0.2, 0.25) is 0 Å². The van der Waals surface area contributed by atoms with Crippen LogP contribution in [0, 0.1) is 0 Å². The van der Waals surface area contributed by atoms with Crippen LogP contribution in [0.5, 0.6) is 0 Å². The Labute approximate surface area is 102 Å². The van der Waals surface area contributed by atoms with E-state index in [1.165, 1.54) is 5.56 Å². The number of benzene rings is 1. The van der Waals surface area contributed by atoms with E-state index in [1.807, 2.05) is 6.92 Å². The molecule has 1 saturated heterocycles. The highest BCUT2D eigenvalue weighted by Crippen LogP contribution is 2.15. The number of aldehydes is 1. The summed E-state index contributed by atoms with van der Waals surface area (Å²) in [6, 6.07) is 8.33. The van der Waals surface area contributed by atoms with E-state index in [1.54, 1.807) is 0 Å². The summed E-state index contributed by atoms with van der Waals surface area (Å²) < 4.78 is 5.32. The quantitative estimate of drug-likeness (QED) is 0.743. The first-order chi connectivity index (χ1) is 8.29. The number of carbonyl (C=O) groups excluding carboxylic acids is 1. The van der Waals surface area contributed by atoms with Crippen LogP contribution < -0.4 is 0 Å². The highest BCUT2D eigenvalue weighted by atomic mass is 16.5. The molecule has 2 rings (SSSR count). The maximum Gasteiger partial charge on any atom is 0.127 e. The van der Waals surface area contributed by atoms with E-state index >= 15 is 0 Å². The predicted molar refractivity (Wildman–Crippen MR) is 67.0 cm³/mol. The first kappa shape index (κ1) is 12.3. The molecule has 3 heteroatoms. The Morgan fingerprint density at radius 3 is 2.53 bits per heavy atom. The Morgan fingerprint density at radius 2 is 1.94 bits per heavy atom. The Kier molecular flexibility index (Phi) is 4.29. The zero-order valence-electron chi connectivity index (χ0n) is 10.3. The van der Waals surface area contributed by atoms with Crippen LogP contribution in [0.15, 0.2) is 24.3 Å². The topological polar surface area (TPSA) is 29.5 Å². The zero-order valence-corrected chi connectivity index (χ0v) is 10.3. The van der Waals surface area contributed by atoms with E-state index in [0.29, 0.717) is 0 Å². The Balaban J connectivity index is 1.95. The van der Waals surface area contributed by atoms with Gasteiger partial charge in [0.1, 0.15) is 6.29 Å². The lowest BCUT2D eigenvalue weighted by Crippen LogP contribution is -2.35. The van der Waals surface area contributed by atoms with Gasteiger partial charge < -0.3 is 9.53 Å². The van der Waals surface area contributed by atoms with Gasteiger partial charge in [0.25, 0.3) is 0 Å². The van der Waals surface area contributed by atoms with Crippen LogP contribution >= 0.6 is 0 Å². The fraction of sp³-hybridized carbons (Fsp3) is 0.500. The average molecular weight is 233 g/mol. The molecule has 1 fully saturated rings. The second kappa shape index (κ2) is 5.94. The third-order valence-electron chi connectivity index (χ3n) is 3.22. The fourth-order valence-corrected chi connectivity index (χ4v) is 2.02. The molecular weight excluding hydrogens is 214 g/mol. The van der Waals surface area contributed by atoms with Crippen molar-refractivity contribution in [3.05, 3.63) is 35.4 Å². The predicted octanol–water partition coefficient (Wildman–Crippen LogP) is 1.82. The minimum Gasteiger partial charge on any atom is -0.379 e. The molecule has 0 spiro atoms. The fourth-order valence-electron chi connectivity index (χ4n) is 2.02. The SMILES string of the molecule is CC(C=O)c1ccc(CN2CCOCC2)cc1. The summed E-state index contributed by atoms with van der Waals surface area (Å²) >= 11 is 0. The van der Waals surface area contributed by atoms with Gasteiger partial charge in [-0.15, -0.1) is 0 Å². The molecule has 1 aromatic rings. The van der Waals surface area contributed by atoms with Gasteiger partial charge in [0, 0.05) is 25.6 Å². The van der Waals surface area contributed by atoms with Gasteiger partial charge >= 0.3 is 0 Å². The van der Waals surface area contributed by atoms with Crippen molar-refractivity contribution in [3.63, 3.8) is 0 Å².